The Labute approximate surface area is 188 Å². The lowest BCUT2D eigenvalue weighted by molar-refractivity contribution is -0.384. The lowest BCUT2D eigenvalue weighted by atomic mass is 10.1. The monoisotopic (exact) mass is 479 g/mol. The molecular formula is C20H15Cl2N3O5S. The molecule has 0 aliphatic rings. The van der Waals surface area contributed by atoms with Crippen LogP contribution in [0.15, 0.2) is 71.6 Å². The van der Waals surface area contributed by atoms with E-state index >= 15 is 0 Å². The fraction of sp³-hybridized carbons (Fsp3) is 0.0500. The average Bonchev–Trinajstić information content (AvgIpc) is 2.71. The van der Waals surface area contributed by atoms with Crippen LogP contribution in [-0.2, 0) is 25.8 Å². The summed E-state index contributed by atoms with van der Waals surface area (Å²) in [6.45, 7) is 0. The maximum Gasteiger partial charge on any atom is 0.269 e. The molecule has 3 rings (SSSR count). The van der Waals surface area contributed by atoms with Gasteiger partial charge in [-0.25, -0.2) is 4.72 Å². The van der Waals surface area contributed by atoms with E-state index in [9.17, 15) is 23.7 Å². The first kappa shape index (κ1) is 22.7. The van der Waals surface area contributed by atoms with Gasteiger partial charge in [0.1, 0.15) is 0 Å². The number of sulfonamides is 1. The average molecular weight is 480 g/mol. The van der Waals surface area contributed by atoms with Crippen molar-refractivity contribution in [3.8, 4) is 0 Å². The first-order chi connectivity index (χ1) is 14.6. The van der Waals surface area contributed by atoms with E-state index in [1.54, 1.807) is 18.2 Å². The molecule has 0 saturated carbocycles. The second-order valence-corrected chi connectivity index (χ2v) is 8.90. The van der Waals surface area contributed by atoms with E-state index in [0.29, 0.717) is 21.3 Å². The molecule has 1 atom stereocenters. The Hall–Kier alpha value is -2.98. The van der Waals surface area contributed by atoms with E-state index in [4.69, 9.17) is 23.2 Å². The van der Waals surface area contributed by atoms with Crippen LogP contribution in [0.5, 0.6) is 0 Å². The smallest absolute Gasteiger partial charge is 0.269 e. The van der Waals surface area contributed by atoms with Crippen molar-refractivity contribution >= 4 is 56.6 Å². The van der Waals surface area contributed by atoms with Gasteiger partial charge in [-0.2, -0.15) is 0 Å². The van der Waals surface area contributed by atoms with Crippen LogP contribution >= 0.6 is 23.2 Å². The summed E-state index contributed by atoms with van der Waals surface area (Å²) in [5.41, 5.74) is 1.13. The van der Waals surface area contributed by atoms with Gasteiger partial charge in [0, 0.05) is 17.8 Å². The van der Waals surface area contributed by atoms with Crippen molar-refractivity contribution in [2.45, 2.75) is 11.3 Å². The van der Waals surface area contributed by atoms with Gasteiger partial charge in [0.2, 0.25) is 5.91 Å². The quantitative estimate of drug-likeness (QED) is 0.277. The van der Waals surface area contributed by atoms with E-state index in [-0.39, 0.29) is 28.6 Å². The molecule has 0 aliphatic carbocycles. The number of non-ortho nitro benzene ring substituents is 1. The van der Waals surface area contributed by atoms with Crippen molar-refractivity contribution in [2.75, 3.05) is 10.0 Å². The molecule has 0 aliphatic heterocycles. The van der Waals surface area contributed by atoms with Gasteiger partial charge in [0.15, 0.2) is 15.3 Å². The summed E-state index contributed by atoms with van der Waals surface area (Å²) in [5.74, 6) is -0.307. The molecule has 0 aromatic heterocycles. The maximum atomic E-state index is 12.5. The highest BCUT2D eigenvalue weighted by Gasteiger charge is 2.21. The molecule has 8 nitrogen and oxygen atoms in total. The van der Waals surface area contributed by atoms with E-state index in [1.165, 1.54) is 48.5 Å². The lowest BCUT2D eigenvalue weighted by Crippen LogP contribution is -2.21. The summed E-state index contributed by atoms with van der Waals surface area (Å²) in [7, 11) is -3.91. The van der Waals surface area contributed by atoms with Crippen LogP contribution in [0.4, 0.5) is 17.1 Å². The highest BCUT2D eigenvalue weighted by molar-refractivity contribution is 7.98. The number of nitro groups is 1. The number of amides is 1. The number of carbonyl (C=O) groups excluding carboxylic acids is 1. The zero-order valence-electron chi connectivity index (χ0n) is 15.7. The summed E-state index contributed by atoms with van der Waals surface area (Å²) in [6.07, 6.45) is 0.0681. The highest BCUT2D eigenvalue weighted by atomic mass is 35.5. The molecule has 1 unspecified atom stereocenters. The van der Waals surface area contributed by atoms with Crippen molar-refractivity contribution in [1.82, 2.24) is 0 Å². The second-order valence-electron chi connectivity index (χ2n) is 6.41. The summed E-state index contributed by atoms with van der Waals surface area (Å²) in [5, 5.41) is 14.1. The molecule has 160 valence electrons. The number of nitrogens with one attached hydrogen (secondary N) is 2. The summed E-state index contributed by atoms with van der Waals surface area (Å²) in [6, 6.07) is 15.5. The third-order valence-corrected chi connectivity index (χ3v) is 6.26. The number of anilines is 2. The molecule has 3 aromatic rings. The predicted octanol–water partition coefficient (Wildman–Crippen LogP) is 5.10. The van der Waals surface area contributed by atoms with Crippen molar-refractivity contribution in [2.24, 2.45) is 0 Å². The van der Waals surface area contributed by atoms with Crippen molar-refractivity contribution in [3.05, 3.63) is 92.5 Å². The summed E-state index contributed by atoms with van der Waals surface area (Å²) >= 11 is 11.8. The third kappa shape index (κ3) is 6.02. The van der Waals surface area contributed by atoms with Crippen molar-refractivity contribution in [1.29, 1.82) is 0 Å². The van der Waals surface area contributed by atoms with Crippen LogP contribution in [0.25, 0.3) is 0 Å². The number of hydrogen-bond acceptors (Lipinski definition) is 5. The normalized spacial score (nSPS) is 12.6. The SMILES string of the molecule is O=C(Cc1ccc(Cl)c(Cl)c1)Nc1ccc([S+](=O)([O-])Nc2ccc([N+](=O)[O-])cc2)cc1. The number of hydrogen-bond donors (Lipinski definition) is 2. The Morgan fingerprint density at radius 1 is 0.935 bits per heavy atom. The number of benzene rings is 3. The molecule has 0 saturated heterocycles. The molecule has 0 spiro atoms. The Balaban J connectivity index is 1.64. The van der Waals surface area contributed by atoms with Crippen LogP contribution in [-0.4, -0.2) is 15.4 Å². The molecule has 3 aromatic carbocycles. The fourth-order valence-corrected chi connectivity index (χ4v) is 4.00. The van der Waals surface area contributed by atoms with E-state index in [0.717, 1.165) is 0 Å². The van der Waals surface area contributed by atoms with Gasteiger partial charge in [-0.1, -0.05) is 33.5 Å². The maximum absolute atomic E-state index is 12.5. The molecule has 31 heavy (non-hydrogen) atoms. The minimum absolute atomic E-state index is 0.0339. The lowest BCUT2D eigenvalue weighted by Gasteiger charge is -2.16. The van der Waals surface area contributed by atoms with Gasteiger partial charge in [-0.3, -0.25) is 14.9 Å². The number of carbonyl (C=O) groups is 1. The zero-order chi connectivity index (χ0) is 22.6. The third-order valence-electron chi connectivity index (χ3n) is 4.13. The fourth-order valence-electron chi connectivity index (χ4n) is 2.62. The molecule has 11 heteroatoms. The van der Waals surface area contributed by atoms with Crippen LogP contribution in [0, 0.1) is 10.1 Å². The molecule has 0 heterocycles. The second kappa shape index (κ2) is 9.44. The predicted molar refractivity (Wildman–Crippen MR) is 119 cm³/mol. The minimum atomic E-state index is -3.91. The Morgan fingerprint density at radius 2 is 1.55 bits per heavy atom. The van der Waals surface area contributed by atoms with Gasteiger partial charge < -0.3 is 9.87 Å². The minimum Gasteiger partial charge on any atom is -0.588 e. The van der Waals surface area contributed by atoms with E-state index in [1.807, 2.05) is 0 Å². The number of halogens is 2. The summed E-state index contributed by atoms with van der Waals surface area (Å²) in [4.78, 5) is 22.3. The first-order valence-electron chi connectivity index (χ1n) is 8.75. The topological polar surface area (TPSA) is 124 Å². The van der Waals surface area contributed by atoms with Crippen LogP contribution in [0.3, 0.4) is 0 Å². The zero-order valence-corrected chi connectivity index (χ0v) is 18.0. The number of rotatable bonds is 7. The van der Waals surface area contributed by atoms with Gasteiger partial charge in [-0.05, 0) is 54.1 Å². The Kier molecular flexibility index (Phi) is 6.91. The Morgan fingerprint density at radius 3 is 2.13 bits per heavy atom. The van der Waals surface area contributed by atoms with E-state index in [2.05, 4.69) is 10.0 Å². The molecule has 0 fully saturated rings. The van der Waals surface area contributed by atoms with Gasteiger partial charge >= 0.3 is 0 Å². The molecule has 2 N–H and O–H groups in total. The molecule has 0 radical (unpaired) electrons. The van der Waals surface area contributed by atoms with Crippen LogP contribution < -0.4 is 10.0 Å². The van der Waals surface area contributed by atoms with Crippen LogP contribution in [0.1, 0.15) is 5.56 Å². The van der Waals surface area contributed by atoms with Crippen molar-refractivity contribution in [3.63, 3.8) is 0 Å². The summed E-state index contributed by atoms with van der Waals surface area (Å²) < 4.78 is 27.3. The molecule has 1 amide bonds. The number of nitro benzene ring substituents is 1. The van der Waals surface area contributed by atoms with Crippen LogP contribution in [0.2, 0.25) is 10.0 Å². The molecular weight excluding hydrogens is 465 g/mol. The van der Waals surface area contributed by atoms with Gasteiger partial charge in [0.05, 0.1) is 27.1 Å². The van der Waals surface area contributed by atoms with Gasteiger partial charge in [-0.15, -0.1) is 0 Å². The largest absolute Gasteiger partial charge is 0.588 e. The number of nitrogens with zero attached hydrogens (tertiary/aromatic N) is 1. The van der Waals surface area contributed by atoms with Gasteiger partial charge in [0.25, 0.3) is 5.69 Å². The molecule has 0 bridgehead atoms. The Bertz CT molecular complexity index is 1170. The highest BCUT2D eigenvalue weighted by Crippen LogP contribution is 2.25. The van der Waals surface area contributed by atoms with Crippen molar-refractivity contribution < 1.29 is 18.5 Å². The standard InChI is InChI=1S/C20H15Cl2N3O5S/c21-18-10-1-13(11-19(18)22)12-20(26)23-14-4-8-17(9-5-14)31(29,30)24-15-2-6-16(7-3-15)25(27)28/h1-11H,12H2,(H2-,23,24,26,29,30). The first-order valence-corrected chi connectivity index (χ1v) is 11.0. The van der Waals surface area contributed by atoms with E-state index < -0.39 is 15.3 Å².